The first kappa shape index (κ1) is 21.7. The Morgan fingerprint density at radius 1 is 1.50 bits per heavy atom. The van der Waals surface area contributed by atoms with Crippen LogP contribution in [-0.2, 0) is 11.3 Å². The predicted octanol–water partition coefficient (Wildman–Crippen LogP) is 2.34. The smallest absolute Gasteiger partial charge is 0.271 e. The molecule has 0 aromatic carbocycles. The average molecular weight is 504 g/mol. The van der Waals surface area contributed by atoms with Gasteiger partial charge in [0.1, 0.15) is 4.70 Å². The molecule has 1 fully saturated rings. The van der Waals surface area contributed by atoms with Crippen molar-refractivity contribution in [3.63, 3.8) is 0 Å². The monoisotopic (exact) mass is 501 g/mol. The number of aliphatic hydroxyl groups is 1. The molecule has 10 heteroatoms. The highest BCUT2D eigenvalue weighted by Crippen LogP contribution is 2.24. The van der Waals surface area contributed by atoms with Crippen LogP contribution in [0, 0.1) is 0 Å². The van der Waals surface area contributed by atoms with Gasteiger partial charge in [-0.15, -0.1) is 45.3 Å². The molecule has 2 aromatic heterocycles. The fourth-order valence-corrected chi connectivity index (χ4v) is 3.79. The van der Waals surface area contributed by atoms with Gasteiger partial charge in [0.2, 0.25) is 0 Å². The van der Waals surface area contributed by atoms with Crippen molar-refractivity contribution in [1.29, 1.82) is 0 Å². The zero-order chi connectivity index (χ0) is 15.7. The summed E-state index contributed by atoms with van der Waals surface area (Å²) in [7, 11) is 0. The highest BCUT2D eigenvalue weighted by molar-refractivity contribution is 8.93. The second-order valence-corrected chi connectivity index (χ2v) is 7.14. The number of aromatic nitrogens is 2. The fraction of sp³-hybridized carbons (Fsp3) is 0.500. The molecule has 2 aromatic rings. The number of carbonyl (C=O) groups is 1. The molecule has 0 radical (unpaired) electrons. The largest absolute Gasteiger partial charge is 0.391 e. The molecule has 24 heavy (non-hydrogen) atoms. The maximum atomic E-state index is 12.3. The summed E-state index contributed by atoms with van der Waals surface area (Å²) in [5.74, 6) is -0.107. The van der Waals surface area contributed by atoms with E-state index < -0.39 is 6.10 Å². The summed E-state index contributed by atoms with van der Waals surface area (Å²) < 4.78 is 2.25. The van der Waals surface area contributed by atoms with E-state index in [0.29, 0.717) is 21.0 Å². The number of hydrogen-bond donors (Lipinski definition) is 2. The highest BCUT2D eigenvalue weighted by Gasteiger charge is 2.25. The summed E-state index contributed by atoms with van der Waals surface area (Å²) in [5.41, 5.74) is 0.292. The van der Waals surface area contributed by atoms with Crippen molar-refractivity contribution in [2.75, 3.05) is 6.54 Å². The van der Waals surface area contributed by atoms with E-state index in [2.05, 4.69) is 10.3 Å². The summed E-state index contributed by atoms with van der Waals surface area (Å²) in [5, 5.41) is 13.0. The first-order valence-electron chi connectivity index (χ1n) is 7.12. The van der Waals surface area contributed by atoms with E-state index >= 15 is 0 Å². The van der Waals surface area contributed by atoms with Crippen LogP contribution < -0.4 is 10.9 Å². The molecular weight excluding hydrogens is 486 g/mol. The Morgan fingerprint density at radius 2 is 2.25 bits per heavy atom. The molecule has 1 aliphatic heterocycles. The van der Waals surface area contributed by atoms with Gasteiger partial charge in [-0.25, -0.2) is 4.98 Å². The standard InChI is InChI=1S/C14H16ClN3O3S.2BrH/c15-12-5-10-13(22-12)14(21)18(7-17-10)6-8(19)4-9-11(20)2-1-3-16-9;;/h5,7,9,11,16,20H,1-4,6H2;2*1H/t9-,11+;;/m1../s1. The van der Waals surface area contributed by atoms with E-state index in [1.807, 2.05) is 0 Å². The van der Waals surface area contributed by atoms with Crippen LogP contribution in [0.3, 0.4) is 0 Å². The number of halogens is 3. The number of rotatable bonds is 4. The minimum Gasteiger partial charge on any atom is -0.391 e. The molecule has 0 bridgehead atoms. The predicted molar refractivity (Wildman–Crippen MR) is 106 cm³/mol. The number of aliphatic hydroxyl groups excluding tert-OH is 1. The summed E-state index contributed by atoms with van der Waals surface area (Å²) in [6.45, 7) is 0.762. The van der Waals surface area contributed by atoms with Gasteiger partial charge in [-0.1, -0.05) is 11.6 Å². The van der Waals surface area contributed by atoms with Crippen molar-refractivity contribution in [1.82, 2.24) is 14.9 Å². The number of thiophene rings is 1. The Kier molecular flexibility index (Phi) is 8.51. The lowest BCUT2D eigenvalue weighted by Crippen LogP contribution is -2.46. The second kappa shape index (κ2) is 9.40. The Morgan fingerprint density at radius 3 is 2.96 bits per heavy atom. The van der Waals surface area contributed by atoms with Crippen LogP contribution >= 0.6 is 56.9 Å². The Balaban J connectivity index is 0.00000144. The van der Waals surface area contributed by atoms with E-state index in [4.69, 9.17) is 11.6 Å². The minimum atomic E-state index is -0.508. The third kappa shape index (κ3) is 4.86. The van der Waals surface area contributed by atoms with Gasteiger partial charge in [-0.05, 0) is 25.5 Å². The second-order valence-electron chi connectivity index (χ2n) is 5.46. The number of carbonyl (C=O) groups excluding carboxylic acids is 1. The highest BCUT2D eigenvalue weighted by atomic mass is 79.9. The van der Waals surface area contributed by atoms with E-state index in [1.165, 1.54) is 10.9 Å². The summed E-state index contributed by atoms with van der Waals surface area (Å²) >= 11 is 7.05. The number of fused-ring (bicyclic) bond motifs is 1. The molecule has 0 spiro atoms. The van der Waals surface area contributed by atoms with Crippen LogP contribution in [0.1, 0.15) is 19.3 Å². The van der Waals surface area contributed by atoms with Crippen LogP contribution in [0.2, 0.25) is 4.34 Å². The molecule has 3 rings (SSSR count). The van der Waals surface area contributed by atoms with Gasteiger partial charge in [-0.2, -0.15) is 0 Å². The van der Waals surface area contributed by atoms with Crippen molar-refractivity contribution in [3.8, 4) is 0 Å². The van der Waals surface area contributed by atoms with Crippen molar-refractivity contribution in [2.45, 2.75) is 38.0 Å². The zero-order valence-corrected chi connectivity index (χ0v) is 17.6. The summed E-state index contributed by atoms with van der Waals surface area (Å²) in [6, 6.07) is 1.40. The molecule has 2 N–H and O–H groups in total. The average Bonchev–Trinajstić information content (AvgIpc) is 2.86. The van der Waals surface area contributed by atoms with Crippen molar-refractivity contribution < 1.29 is 9.90 Å². The zero-order valence-electron chi connectivity index (χ0n) is 12.6. The van der Waals surface area contributed by atoms with Crippen LogP contribution in [-0.4, -0.2) is 39.1 Å². The van der Waals surface area contributed by atoms with Gasteiger partial charge < -0.3 is 10.4 Å². The first-order chi connectivity index (χ1) is 10.5. The number of Topliss-reactive ketones (excluding diaryl/α,β-unsaturated/α-hetero) is 1. The minimum absolute atomic E-state index is 0. The van der Waals surface area contributed by atoms with E-state index in [-0.39, 0.29) is 64.3 Å². The van der Waals surface area contributed by atoms with Gasteiger partial charge in [-0.3, -0.25) is 14.2 Å². The fourth-order valence-electron chi connectivity index (χ4n) is 2.67. The Bertz CT molecular complexity index is 767. The molecule has 134 valence electrons. The molecule has 1 saturated heterocycles. The number of piperidine rings is 1. The molecule has 6 nitrogen and oxygen atoms in total. The molecule has 1 aliphatic rings. The maximum Gasteiger partial charge on any atom is 0.271 e. The van der Waals surface area contributed by atoms with Gasteiger partial charge in [0, 0.05) is 12.5 Å². The third-order valence-electron chi connectivity index (χ3n) is 3.82. The molecule has 2 atom stereocenters. The van der Waals surface area contributed by atoms with E-state index in [1.54, 1.807) is 6.07 Å². The first-order valence-corrected chi connectivity index (χ1v) is 8.31. The van der Waals surface area contributed by atoms with Gasteiger partial charge in [0.15, 0.2) is 5.78 Å². The lowest BCUT2D eigenvalue weighted by Gasteiger charge is -2.28. The van der Waals surface area contributed by atoms with Crippen LogP contribution in [0.25, 0.3) is 10.2 Å². The lowest BCUT2D eigenvalue weighted by molar-refractivity contribution is -0.121. The SMILES string of the molecule is Br.Br.O=C(C[C@H]1NCCC[C@@H]1O)Cn1cnc2cc(Cl)sc2c1=O. The lowest BCUT2D eigenvalue weighted by atomic mass is 9.97. The number of nitrogens with one attached hydrogen (secondary N) is 1. The van der Waals surface area contributed by atoms with Crippen LogP contribution in [0.4, 0.5) is 0 Å². The summed E-state index contributed by atoms with van der Waals surface area (Å²) in [4.78, 5) is 28.6. The molecular formula is C14H18Br2ClN3O3S. The van der Waals surface area contributed by atoms with Crippen LogP contribution in [0.5, 0.6) is 0 Å². The van der Waals surface area contributed by atoms with Crippen LogP contribution in [0.15, 0.2) is 17.2 Å². The quantitative estimate of drug-likeness (QED) is 0.669. The molecule has 0 aliphatic carbocycles. The normalized spacial score (nSPS) is 20.2. The molecule has 0 amide bonds. The van der Waals surface area contributed by atoms with Gasteiger partial charge >= 0.3 is 0 Å². The molecule has 0 saturated carbocycles. The number of nitrogens with zero attached hydrogens (tertiary/aromatic N) is 2. The third-order valence-corrected chi connectivity index (χ3v) is 5.06. The Hall–Kier alpha value is -0.320. The number of hydrogen-bond acceptors (Lipinski definition) is 6. The van der Waals surface area contributed by atoms with E-state index in [0.717, 1.165) is 24.3 Å². The topological polar surface area (TPSA) is 84.2 Å². The van der Waals surface area contributed by atoms with Crippen molar-refractivity contribution in [3.05, 3.63) is 27.1 Å². The van der Waals surface area contributed by atoms with E-state index in [9.17, 15) is 14.7 Å². The Labute approximate surface area is 168 Å². The van der Waals surface area contributed by atoms with Gasteiger partial charge in [0.05, 0.1) is 28.8 Å². The summed E-state index contributed by atoms with van der Waals surface area (Å²) in [6.07, 6.45) is 2.68. The molecule has 3 heterocycles. The van der Waals surface area contributed by atoms with Crippen molar-refractivity contribution >= 4 is 72.9 Å². The maximum absolute atomic E-state index is 12.3. The van der Waals surface area contributed by atoms with Crippen molar-refractivity contribution in [2.24, 2.45) is 0 Å². The van der Waals surface area contributed by atoms with Gasteiger partial charge in [0.25, 0.3) is 5.56 Å². The number of ketones is 1. The molecule has 0 unspecified atom stereocenters.